The van der Waals surface area contributed by atoms with E-state index in [9.17, 15) is 0 Å². The Labute approximate surface area is 95.4 Å². The van der Waals surface area contributed by atoms with E-state index in [1.54, 1.807) is 0 Å². The molecule has 15 heavy (non-hydrogen) atoms. The normalized spacial score (nSPS) is 20.8. The maximum Gasteiger partial charge on any atom is 0.0107 e. The molecule has 1 aliphatic heterocycles. The standard InChI is InChI=1S/C13H28N2/c1-4-13(12(2)3)14-8-11-15-9-6-5-7-10-15/h12-14H,4-11H2,1-3H3/t13-/m1/s1. The molecule has 0 aromatic carbocycles. The molecule has 0 amide bonds. The molecular formula is C13H28N2. The Bertz CT molecular complexity index is 151. The van der Waals surface area contributed by atoms with Gasteiger partial charge in [0.1, 0.15) is 0 Å². The van der Waals surface area contributed by atoms with E-state index < -0.39 is 0 Å². The molecule has 1 atom stereocenters. The van der Waals surface area contributed by atoms with Gasteiger partial charge in [0.25, 0.3) is 0 Å². The van der Waals surface area contributed by atoms with E-state index >= 15 is 0 Å². The van der Waals surface area contributed by atoms with E-state index in [-0.39, 0.29) is 0 Å². The summed E-state index contributed by atoms with van der Waals surface area (Å²) < 4.78 is 0. The molecule has 0 saturated carbocycles. The lowest BCUT2D eigenvalue weighted by atomic mass is 10.0. The molecule has 1 heterocycles. The highest BCUT2D eigenvalue weighted by molar-refractivity contribution is 4.71. The van der Waals surface area contributed by atoms with Crippen LogP contribution in [0.1, 0.15) is 46.5 Å². The fourth-order valence-corrected chi connectivity index (χ4v) is 2.44. The topological polar surface area (TPSA) is 15.3 Å². The molecule has 0 spiro atoms. The number of nitrogens with zero attached hydrogens (tertiary/aromatic N) is 1. The van der Waals surface area contributed by atoms with Gasteiger partial charge >= 0.3 is 0 Å². The minimum Gasteiger partial charge on any atom is -0.312 e. The molecule has 90 valence electrons. The van der Waals surface area contributed by atoms with E-state index in [0.29, 0.717) is 6.04 Å². The molecular weight excluding hydrogens is 184 g/mol. The van der Waals surface area contributed by atoms with Crippen LogP contribution in [0.3, 0.4) is 0 Å². The van der Waals surface area contributed by atoms with Gasteiger partial charge < -0.3 is 10.2 Å². The Morgan fingerprint density at radius 3 is 2.33 bits per heavy atom. The first-order valence-corrected chi connectivity index (χ1v) is 6.69. The third-order valence-corrected chi connectivity index (χ3v) is 3.53. The predicted molar refractivity (Wildman–Crippen MR) is 67.2 cm³/mol. The van der Waals surface area contributed by atoms with E-state index in [2.05, 4.69) is 31.0 Å². The molecule has 1 aliphatic rings. The predicted octanol–water partition coefficient (Wildman–Crippen LogP) is 2.50. The van der Waals surface area contributed by atoms with Crippen LogP contribution in [0.2, 0.25) is 0 Å². The zero-order valence-electron chi connectivity index (χ0n) is 10.8. The van der Waals surface area contributed by atoms with Crippen molar-refractivity contribution in [2.45, 2.75) is 52.5 Å². The van der Waals surface area contributed by atoms with Crippen molar-refractivity contribution < 1.29 is 0 Å². The molecule has 1 fully saturated rings. The summed E-state index contributed by atoms with van der Waals surface area (Å²) in [7, 11) is 0. The summed E-state index contributed by atoms with van der Waals surface area (Å²) in [6, 6.07) is 0.704. The second-order valence-corrected chi connectivity index (χ2v) is 5.12. The third-order valence-electron chi connectivity index (χ3n) is 3.53. The van der Waals surface area contributed by atoms with Crippen molar-refractivity contribution >= 4 is 0 Å². The SMILES string of the molecule is CC[C@@H](NCCN1CCCCC1)C(C)C. The minimum absolute atomic E-state index is 0.704. The van der Waals surface area contributed by atoms with E-state index in [1.807, 2.05) is 0 Å². The highest BCUT2D eigenvalue weighted by Crippen LogP contribution is 2.08. The largest absolute Gasteiger partial charge is 0.312 e. The van der Waals surface area contributed by atoms with Gasteiger partial charge in [-0.15, -0.1) is 0 Å². The lowest BCUT2D eigenvalue weighted by Crippen LogP contribution is -2.40. The molecule has 0 bridgehead atoms. The van der Waals surface area contributed by atoms with Crippen LogP contribution in [0.4, 0.5) is 0 Å². The fourth-order valence-electron chi connectivity index (χ4n) is 2.44. The molecule has 1 N–H and O–H groups in total. The quantitative estimate of drug-likeness (QED) is 0.728. The van der Waals surface area contributed by atoms with Crippen molar-refractivity contribution in [1.82, 2.24) is 10.2 Å². The summed E-state index contributed by atoms with van der Waals surface area (Å²) >= 11 is 0. The van der Waals surface area contributed by atoms with E-state index in [0.717, 1.165) is 12.5 Å². The van der Waals surface area contributed by atoms with Crippen LogP contribution in [-0.2, 0) is 0 Å². The summed E-state index contributed by atoms with van der Waals surface area (Å²) in [5.41, 5.74) is 0. The second-order valence-electron chi connectivity index (χ2n) is 5.12. The first kappa shape index (κ1) is 13.0. The van der Waals surface area contributed by atoms with E-state index in [1.165, 1.54) is 45.3 Å². The number of hydrogen-bond acceptors (Lipinski definition) is 2. The number of likely N-dealkylation sites (tertiary alicyclic amines) is 1. The summed E-state index contributed by atoms with van der Waals surface area (Å²) in [4.78, 5) is 2.60. The lowest BCUT2D eigenvalue weighted by molar-refractivity contribution is 0.222. The Morgan fingerprint density at radius 2 is 1.80 bits per heavy atom. The van der Waals surface area contributed by atoms with Gasteiger partial charge in [0, 0.05) is 19.1 Å². The summed E-state index contributed by atoms with van der Waals surface area (Å²) in [5, 5.41) is 3.67. The average molecular weight is 212 g/mol. The maximum absolute atomic E-state index is 3.67. The van der Waals surface area contributed by atoms with Crippen molar-refractivity contribution in [2.24, 2.45) is 5.92 Å². The second kappa shape index (κ2) is 7.24. The van der Waals surface area contributed by atoms with Crippen LogP contribution < -0.4 is 5.32 Å². The third kappa shape index (κ3) is 4.98. The van der Waals surface area contributed by atoms with Crippen LogP contribution in [0.15, 0.2) is 0 Å². The first-order chi connectivity index (χ1) is 7.24. The Kier molecular flexibility index (Phi) is 6.26. The van der Waals surface area contributed by atoms with Gasteiger partial charge in [0.05, 0.1) is 0 Å². The van der Waals surface area contributed by atoms with Crippen LogP contribution in [-0.4, -0.2) is 37.1 Å². The fraction of sp³-hybridized carbons (Fsp3) is 1.00. The molecule has 0 unspecified atom stereocenters. The van der Waals surface area contributed by atoms with Crippen molar-refractivity contribution in [1.29, 1.82) is 0 Å². The molecule has 0 aromatic rings. The van der Waals surface area contributed by atoms with Crippen LogP contribution in [0.5, 0.6) is 0 Å². The highest BCUT2D eigenvalue weighted by Gasteiger charge is 2.12. The number of nitrogens with one attached hydrogen (secondary N) is 1. The first-order valence-electron chi connectivity index (χ1n) is 6.69. The number of piperidine rings is 1. The molecule has 0 aromatic heterocycles. The Hall–Kier alpha value is -0.0800. The minimum atomic E-state index is 0.704. The van der Waals surface area contributed by atoms with Crippen molar-refractivity contribution in [2.75, 3.05) is 26.2 Å². The lowest BCUT2D eigenvalue weighted by Gasteiger charge is -2.28. The number of rotatable bonds is 6. The summed E-state index contributed by atoms with van der Waals surface area (Å²) in [6.07, 6.45) is 5.49. The van der Waals surface area contributed by atoms with Gasteiger partial charge in [-0.1, -0.05) is 27.2 Å². The van der Waals surface area contributed by atoms with Crippen LogP contribution >= 0.6 is 0 Å². The Balaban J connectivity index is 2.08. The van der Waals surface area contributed by atoms with Crippen LogP contribution in [0.25, 0.3) is 0 Å². The maximum atomic E-state index is 3.67. The molecule has 1 rings (SSSR count). The zero-order valence-corrected chi connectivity index (χ0v) is 10.8. The average Bonchev–Trinajstić information content (AvgIpc) is 2.25. The molecule has 0 radical (unpaired) electrons. The smallest absolute Gasteiger partial charge is 0.0107 e. The number of hydrogen-bond donors (Lipinski definition) is 1. The van der Waals surface area contributed by atoms with Crippen molar-refractivity contribution in [3.63, 3.8) is 0 Å². The van der Waals surface area contributed by atoms with Crippen molar-refractivity contribution in [3.8, 4) is 0 Å². The van der Waals surface area contributed by atoms with Gasteiger partial charge in [-0.3, -0.25) is 0 Å². The molecule has 2 nitrogen and oxygen atoms in total. The van der Waals surface area contributed by atoms with Crippen LogP contribution in [0, 0.1) is 5.92 Å². The van der Waals surface area contributed by atoms with Crippen molar-refractivity contribution in [3.05, 3.63) is 0 Å². The van der Waals surface area contributed by atoms with E-state index in [4.69, 9.17) is 0 Å². The monoisotopic (exact) mass is 212 g/mol. The van der Waals surface area contributed by atoms with Gasteiger partial charge in [-0.05, 0) is 38.3 Å². The zero-order chi connectivity index (χ0) is 11.1. The van der Waals surface area contributed by atoms with Gasteiger partial charge in [0.2, 0.25) is 0 Å². The van der Waals surface area contributed by atoms with Gasteiger partial charge in [-0.25, -0.2) is 0 Å². The molecule has 1 saturated heterocycles. The molecule has 0 aliphatic carbocycles. The highest BCUT2D eigenvalue weighted by atomic mass is 15.1. The Morgan fingerprint density at radius 1 is 1.13 bits per heavy atom. The van der Waals surface area contributed by atoms with Gasteiger partial charge in [-0.2, -0.15) is 0 Å². The summed E-state index contributed by atoms with van der Waals surface area (Å²) in [6.45, 7) is 11.9. The molecule has 2 heteroatoms. The van der Waals surface area contributed by atoms with Gasteiger partial charge in [0.15, 0.2) is 0 Å². The summed E-state index contributed by atoms with van der Waals surface area (Å²) in [5.74, 6) is 0.761.